The molecular weight excluding hydrogens is 440 g/mol. The third kappa shape index (κ3) is 6.51. The zero-order chi connectivity index (χ0) is 22.9. The number of amides is 1. The second-order valence-electron chi connectivity index (χ2n) is 6.31. The summed E-state index contributed by atoms with van der Waals surface area (Å²) in [5, 5.41) is 13.4. The van der Waals surface area contributed by atoms with Crippen LogP contribution in [0.4, 0.5) is 0 Å². The van der Waals surface area contributed by atoms with E-state index in [1.165, 1.54) is 25.5 Å². The Balaban J connectivity index is 1.51. The van der Waals surface area contributed by atoms with Crippen molar-refractivity contribution in [3.63, 3.8) is 0 Å². The van der Waals surface area contributed by atoms with E-state index in [0.29, 0.717) is 33.6 Å². The van der Waals surface area contributed by atoms with Gasteiger partial charge in [0.2, 0.25) is 5.76 Å². The molecule has 0 radical (unpaired) electrons. The summed E-state index contributed by atoms with van der Waals surface area (Å²) in [7, 11) is 1.48. The first-order valence-corrected chi connectivity index (χ1v) is 9.65. The number of carboxylic acids is 1. The number of nitrogens with one attached hydrogen (secondary N) is 1. The van der Waals surface area contributed by atoms with Crippen LogP contribution in [0.1, 0.15) is 21.9 Å². The molecule has 0 unspecified atom stereocenters. The molecule has 166 valence electrons. The van der Waals surface area contributed by atoms with Gasteiger partial charge in [0.15, 0.2) is 18.1 Å². The summed E-state index contributed by atoms with van der Waals surface area (Å²) < 4.78 is 21.4. The first-order valence-electron chi connectivity index (χ1n) is 9.27. The Morgan fingerprint density at radius 2 is 1.88 bits per heavy atom. The first kappa shape index (κ1) is 22.7. The average Bonchev–Trinajstić information content (AvgIpc) is 3.27. The van der Waals surface area contributed by atoms with Crippen LogP contribution in [0.5, 0.6) is 17.2 Å². The highest BCUT2D eigenvalue weighted by molar-refractivity contribution is 6.30. The Hall–Kier alpha value is -3.98. The summed E-state index contributed by atoms with van der Waals surface area (Å²) in [4.78, 5) is 22.7. The molecule has 0 atom stereocenters. The number of ether oxygens (including phenoxy) is 3. The number of hydrogen-bond acceptors (Lipinski definition) is 7. The molecule has 3 rings (SSSR count). The first-order chi connectivity index (χ1) is 15.4. The van der Waals surface area contributed by atoms with Crippen LogP contribution in [-0.4, -0.2) is 36.9 Å². The molecule has 3 aromatic rings. The predicted octanol–water partition coefficient (Wildman–Crippen LogP) is 3.75. The van der Waals surface area contributed by atoms with Gasteiger partial charge in [0.05, 0.1) is 13.3 Å². The molecule has 10 heteroatoms. The Bertz CT molecular complexity index is 1110. The van der Waals surface area contributed by atoms with Crippen LogP contribution < -0.4 is 19.6 Å². The number of aromatic carboxylic acids is 1. The van der Waals surface area contributed by atoms with E-state index in [2.05, 4.69) is 10.5 Å². The van der Waals surface area contributed by atoms with E-state index in [1.807, 2.05) is 0 Å². The van der Waals surface area contributed by atoms with E-state index in [-0.39, 0.29) is 19.0 Å². The van der Waals surface area contributed by atoms with Crippen LogP contribution in [0, 0.1) is 0 Å². The smallest absolute Gasteiger partial charge is 0.371 e. The molecule has 32 heavy (non-hydrogen) atoms. The molecule has 1 amide bonds. The van der Waals surface area contributed by atoms with Crippen LogP contribution in [0.2, 0.25) is 5.02 Å². The second-order valence-corrected chi connectivity index (χ2v) is 6.74. The van der Waals surface area contributed by atoms with Crippen molar-refractivity contribution in [2.75, 3.05) is 13.7 Å². The number of hydrazone groups is 1. The number of furan rings is 1. The number of halogens is 1. The molecule has 0 saturated carbocycles. The van der Waals surface area contributed by atoms with Crippen molar-refractivity contribution in [2.24, 2.45) is 5.10 Å². The molecule has 2 aromatic carbocycles. The van der Waals surface area contributed by atoms with E-state index in [1.54, 1.807) is 42.5 Å². The van der Waals surface area contributed by atoms with E-state index in [0.717, 1.165) is 0 Å². The van der Waals surface area contributed by atoms with Gasteiger partial charge in [0, 0.05) is 5.02 Å². The summed E-state index contributed by atoms with van der Waals surface area (Å²) >= 11 is 5.79. The SMILES string of the molecule is COc1cc(C=NNC(=O)COc2ccc(Cl)cc2)ccc1OCc1ccc(C(=O)O)o1. The van der Waals surface area contributed by atoms with E-state index < -0.39 is 11.9 Å². The standard InChI is InChI=1S/C22H19ClN2O7/c1-29-20-10-14(2-8-18(20)31-12-17-7-9-19(32-17)22(27)28)11-24-25-21(26)13-30-16-5-3-15(23)4-6-16/h2-11H,12-13H2,1H3,(H,25,26)(H,27,28). The average molecular weight is 459 g/mol. The van der Waals surface area contributed by atoms with Gasteiger partial charge in [-0.25, -0.2) is 10.2 Å². The van der Waals surface area contributed by atoms with Gasteiger partial charge in [-0.15, -0.1) is 0 Å². The number of nitrogens with zero attached hydrogens (tertiary/aromatic N) is 1. The van der Waals surface area contributed by atoms with Crippen LogP contribution >= 0.6 is 11.6 Å². The van der Waals surface area contributed by atoms with Crippen LogP contribution in [-0.2, 0) is 11.4 Å². The number of carbonyl (C=O) groups excluding carboxylic acids is 1. The van der Waals surface area contributed by atoms with Gasteiger partial charge in [-0.3, -0.25) is 4.79 Å². The fraction of sp³-hybridized carbons (Fsp3) is 0.136. The molecule has 0 fully saturated rings. The van der Waals surface area contributed by atoms with E-state index in [9.17, 15) is 9.59 Å². The maximum absolute atomic E-state index is 11.8. The van der Waals surface area contributed by atoms with Gasteiger partial charge in [0.1, 0.15) is 18.1 Å². The highest BCUT2D eigenvalue weighted by Crippen LogP contribution is 2.28. The van der Waals surface area contributed by atoms with Gasteiger partial charge in [-0.2, -0.15) is 5.10 Å². The number of rotatable bonds is 10. The topological polar surface area (TPSA) is 120 Å². The van der Waals surface area contributed by atoms with Crippen LogP contribution in [0.3, 0.4) is 0 Å². The largest absolute Gasteiger partial charge is 0.493 e. The van der Waals surface area contributed by atoms with Crippen molar-refractivity contribution in [1.82, 2.24) is 5.43 Å². The summed E-state index contributed by atoms with van der Waals surface area (Å²) in [6.07, 6.45) is 1.44. The molecule has 0 bridgehead atoms. The van der Waals surface area contributed by atoms with Crippen molar-refractivity contribution in [1.29, 1.82) is 0 Å². The van der Waals surface area contributed by atoms with E-state index in [4.69, 9.17) is 35.3 Å². The van der Waals surface area contributed by atoms with Crippen molar-refractivity contribution in [3.8, 4) is 17.2 Å². The maximum atomic E-state index is 11.8. The van der Waals surface area contributed by atoms with Crippen molar-refractivity contribution >= 4 is 29.7 Å². The Labute approximate surface area is 188 Å². The molecule has 1 aromatic heterocycles. The van der Waals surface area contributed by atoms with Gasteiger partial charge in [0.25, 0.3) is 5.91 Å². The molecule has 0 aliphatic carbocycles. The molecule has 0 aliphatic rings. The third-order valence-corrected chi connectivity index (χ3v) is 4.27. The third-order valence-electron chi connectivity index (χ3n) is 4.02. The summed E-state index contributed by atoms with van der Waals surface area (Å²) in [6.45, 7) is -0.174. The monoisotopic (exact) mass is 458 g/mol. The van der Waals surface area contributed by atoms with Crippen molar-refractivity contribution in [3.05, 3.63) is 76.7 Å². The lowest BCUT2D eigenvalue weighted by Crippen LogP contribution is -2.24. The summed E-state index contributed by atoms with van der Waals surface area (Å²) in [5.41, 5.74) is 3.02. The minimum atomic E-state index is -1.15. The fourth-order valence-corrected chi connectivity index (χ4v) is 2.62. The molecule has 0 spiro atoms. The lowest BCUT2D eigenvalue weighted by atomic mass is 10.2. The van der Waals surface area contributed by atoms with E-state index >= 15 is 0 Å². The van der Waals surface area contributed by atoms with Crippen molar-refractivity contribution < 1.29 is 33.3 Å². The number of hydrogen-bond donors (Lipinski definition) is 2. The quantitative estimate of drug-likeness (QED) is 0.350. The number of carbonyl (C=O) groups is 2. The predicted molar refractivity (Wildman–Crippen MR) is 116 cm³/mol. The summed E-state index contributed by atoms with van der Waals surface area (Å²) in [6, 6.07) is 14.6. The van der Waals surface area contributed by atoms with Crippen molar-refractivity contribution in [2.45, 2.75) is 6.61 Å². The molecule has 9 nitrogen and oxygen atoms in total. The van der Waals surface area contributed by atoms with Crippen LogP contribution in [0.15, 0.2) is 64.1 Å². The maximum Gasteiger partial charge on any atom is 0.371 e. The van der Waals surface area contributed by atoms with Gasteiger partial charge >= 0.3 is 5.97 Å². The molecule has 0 aliphatic heterocycles. The zero-order valence-corrected chi connectivity index (χ0v) is 17.7. The van der Waals surface area contributed by atoms with Crippen LogP contribution in [0.25, 0.3) is 0 Å². The molecule has 2 N–H and O–H groups in total. The normalized spacial score (nSPS) is 10.7. The molecular formula is C22H19ClN2O7. The number of benzene rings is 2. The lowest BCUT2D eigenvalue weighted by Gasteiger charge is -2.10. The minimum Gasteiger partial charge on any atom is -0.493 e. The lowest BCUT2D eigenvalue weighted by molar-refractivity contribution is -0.123. The zero-order valence-electron chi connectivity index (χ0n) is 16.9. The van der Waals surface area contributed by atoms with Gasteiger partial charge < -0.3 is 23.7 Å². The second kappa shape index (κ2) is 10.9. The Morgan fingerprint density at radius 3 is 2.56 bits per heavy atom. The van der Waals surface area contributed by atoms with Gasteiger partial charge in [-0.05, 0) is 60.2 Å². The minimum absolute atomic E-state index is 0.0285. The fourth-order valence-electron chi connectivity index (χ4n) is 2.49. The Kier molecular flexibility index (Phi) is 7.71. The highest BCUT2D eigenvalue weighted by atomic mass is 35.5. The number of carboxylic acid groups (broad SMARTS) is 1. The van der Waals surface area contributed by atoms with Gasteiger partial charge in [-0.1, -0.05) is 11.6 Å². The molecule has 1 heterocycles. The number of methoxy groups -OCH3 is 1. The highest BCUT2D eigenvalue weighted by Gasteiger charge is 2.11. The molecule has 0 saturated heterocycles. The summed E-state index contributed by atoms with van der Waals surface area (Å²) in [5.74, 6) is -0.0120. The Morgan fingerprint density at radius 1 is 1.09 bits per heavy atom.